The first-order valence-electron chi connectivity index (χ1n) is 6.17. The van der Waals surface area contributed by atoms with Gasteiger partial charge < -0.3 is 15.7 Å². The molecule has 130 valence electrons. The summed E-state index contributed by atoms with van der Waals surface area (Å²) in [5.41, 5.74) is 0.0147. The van der Waals surface area contributed by atoms with Gasteiger partial charge in [0, 0.05) is 0 Å². The fourth-order valence-corrected chi connectivity index (χ4v) is 3.34. The van der Waals surface area contributed by atoms with Crippen LogP contribution in [-0.4, -0.2) is 70.9 Å². The Morgan fingerprint density at radius 2 is 1.60 bits per heavy atom. The molecule has 7 nitrogen and oxygen atoms in total. The molecule has 0 atom stereocenters. The third-order valence-electron chi connectivity index (χ3n) is 2.82. The van der Waals surface area contributed by atoms with Gasteiger partial charge in [-0.3, -0.25) is 0 Å². The molecular formula is C13H11Cl3KN3O4S. The first kappa shape index (κ1) is 23.0. The molecule has 2 amide bonds. The number of carbonyl (C=O) groups excluding carboxylic acids is 1. The standard InChI is InChI=1S/C13H10Cl3N3O4S.K.H/c14-6-2-1-3-8(10(6)16)18-13(21)19-9-5-4-7(15)12(11(9)20)24(17,22)23;;/h1-5,20H,(H2,17,22,23)(H2,18,19,21);;. The number of carbonyl (C=O) groups is 1. The molecule has 2 rings (SSSR count). The second kappa shape index (κ2) is 9.22. The fraction of sp³-hybridized carbons (Fsp3) is 0. The van der Waals surface area contributed by atoms with E-state index >= 15 is 0 Å². The molecule has 2 aromatic rings. The van der Waals surface area contributed by atoms with E-state index < -0.39 is 26.7 Å². The monoisotopic (exact) mass is 449 g/mol. The number of nitrogens with two attached hydrogens (primary N) is 1. The number of phenols is 1. The Morgan fingerprint density at radius 1 is 1.00 bits per heavy atom. The molecule has 0 saturated heterocycles. The van der Waals surface area contributed by atoms with Gasteiger partial charge in [-0.25, -0.2) is 18.4 Å². The van der Waals surface area contributed by atoms with Crippen LogP contribution in [-0.2, 0) is 10.0 Å². The van der Waals surface area contributed by atoms with Crippen LogP contribution in [0.5, 0.6) is 5.75 Å². The summed E-state index contributed by atoms with van der Waals surface area (Å²) in [4.78, 5) is 11.3. The summed E-state index contributed by atoms with van der Waals surface area (Å²) in [6.07, 6.45) is 0. The summed E-state index contributed by atoms with van der Waals surface area (Å²) in [5.74, 6) is -0.780. The van der Waals surface area contributed by atoms with Crippen molar-refractivity contribution in [3.63, 3.8) is 0 Å². The van der Waals surface area contributed by atoms with Crippen LogP contribution in [0.3, 0.4) is 0 Å². The molecule has 0 saturated carbocycles. The van der Waals surface area contributed by atoms with Crippen LogP contribution in [0.2, 0.25) is 15.1 Å². The zero-order chi connectivity index (χ0) is 18.1. The Kier molecular flexibility index (Phi) is 8.47. The van der Waals surface area contributed by atoms with E-state index in [9.17, 15) is 18.3 Å². The average Bonchev–Trinajstić information content (AvgIpc) is 2.45. The summed E-state index contributed by atoms with van der Waals surface area (Å²) >= 11 is 17.5. The zero-order valence-electron chi connectivity index (χ0n) is 11.7. The summed E-state index contributed by atoms with van der Waals surface area (Å²) in [5, 5.41) is 19.7. The molecule has 0 aromatic heterocycles. The number of nitrogens with one attached hydrogen (secondary N) is 2. The number of halogens is 3. The molecule has 0 radical (unpaired) electrons. The Balaban J connectivity index is 0.00000312. The van der Waals surface area contributed by atoms with Gasteiger partial charge in [-0.2, -0.15) is 0 Å². The van der Waals surface area contributed by atoms with E-state index in [0.717, 1.165) is 0 Å². The normalized spacial score (nSPS) is 10.7. The Labute approximate surface area is 201 Å². The molecule has 0 spiro atoms. The Morgan fingerprint density at radius 3 is 2.20 bits per heavy atom. The van der Waals surface area contributed by atoms with Crippen molar-refractivity contribution in [3.05, 3.63) is 45.4 Å². The van der Waals surface area contributed by atoms with Crippen molar-refractivity contribution >= 4 is 114 Å². The molecule has 5 N–H and O–H groups in total. The molecule has 25 heavy (non-hydrogen) atoms. The number of urea groups is 1. The topological polar surface area (TPSA) is 122 Å². The fourth-order valence-electron chi connectivity index (χ4n) is 1.79. The molecule has 0 aliphatic carbocycles. The zero-order valence-corrected chi connectivity index (χ0v) is 14.8. The Bertz CT molecular complexity index is 925. The van der Waals surface area contributed by atoms with Crippen molar-refractivity contribution in [2.24, 2.45) is 5.14 Å². The van der Waals surface area contributed by atoms with Gasteiger partial charge >= 0.3 is 57.4 Å². The molecule has 2 aromatic carbocycles. The molecule has 0 fully saturated rings. The van der Waals surface area contributed by atoms with Crippen LogP contribution in [0.15, 0.2) is 35.2 Å². The minimum absolute atomic E-state index is 0. The number of hydrogen-bond donors (Lipinski definition) is 4. The van der Waals surface area contributed by atoms with E-state index in [4.69, 9.17) is 39.9 Å². The molecule has 0 bridgehead atoms. The SMILES string of the molecule is NS(=O)(=O)c1c(Cl)ccc(NC(=O)Nc2cccc(Cl)c2Cl)c1O.[KH]. The molecule has 0 unspecified atom stereocenters. The van der Waals surface area contributed by atoms with Crippen LogP contribution >= 0.6 is 34.8 Å². The van der Waals surface area contributed by atoms with Gasteiger partial charge in [-0.15, -0.1) is 0 Å². The molecule has 0 heterocycles. The van der Waals surface area contributed by atoms with Crippen molar-refractivity contribution in [2.75, 3.05) is 10.6 Å². The van der Waals surface area contributed by atoms with Crippen LogP contribution in [0.1, 0.15) is 0 Å². The quantitative estimate of drug-likeness (QED) is 0.424. The maximum absolute atomic E-state index is 12.0. The van der Waals surface area contributed by atoms with Crippen LogP contribution in [0.25, 0.3) is 0 Å². The van der Waals surface area contributed by atoms with E-state index in [2.05, 4.69) is 10.6 Å². The molecule has 12 heteroatoms. The minimum atomic E-state index is -4.29. The van der Waals surface area contributed by atoms with Gasteiger partial charge in [0.2, 0.25) is 10.0 Å². The Hall–Kier alpha value is -0.0736. The number of amides is 2. The van der Waals surface area contributed by atoms with E-state index in [1.165, 1.54) is 24.3 Å². The van der Waals surface area contributed by atoms with Crippen LogP contribution in [0, 0.1) is 0 Å². The van der Waals surface area contributed by atoms with Gasteiger partial charge in [-0.05, 0) is 24.3 Å². The van der Waals surface area contributed by atoms with Gasteiger partial charge in [0.1, 0.15) is 4.90 Å². The van der Waals surface area contributed by atoms with Crippen molar-refractivity contribution in [3.8, 4) is 5.75 Å². The number of rotatable bonds is 3. The predicted octanol–water partition coefficient (Wildman–Crippen LogP) is 3.00. The number of benzene rings is 2. The third-order valence-corrected chi connectivity index (χ3v) is 5.04. The van der Waals surface area contributed by atoms with Crippen molar-refractivity contribution in [1.82, 2.24) is 0 Å². The molecule has 0 aliphatic heterocycles. The van der Waals surface area contributed by atoms with Crippen molar-refractivity contribution < 1.29 is 18.3 Å². The summed E-state index contributed by atoms with van der Waals surface area (Å²) < 4.78 is 22.9. The third kappa shape index (κ3) is 5.70. The van der Waals surface area contributed by atoms with E-state index in [1.807, 2.05) is 0 Å². The number of primary sulfonamides is 1. The number of aromatic hydroxyl groups is 1. The summed E-state index contributed by atoms with van der Waals surface area (Å²) in [7, 11) is -4.29. The van der Waals surface area contributed by atoms with Gasteiger partial charge in [0.15, 0.2) is 5.75 Å². The maximum atomic E-state index is 12.0. The molecular weight excluding hydrogens is 440 g/mol. The predicted molar refractivity (Wildman–Crippen MR) is 101 cm³/mol. The van der Waals surface area contributed by atoms with Gasteiger partial charge in [0.05, 0.1) is 26.4 Å². The van der Waals surface area contributed by atoms with Gasteiger partial charge in [-0.1, -0.05) is 40.9 Å². The molecule has 0 aliphatic rings. The van der Waals surface area contributed by atoms with E-state index in [0.29, 0.717) is 0 Å². The van der Waals surface area contributed by atoms with Crippen LogP contribution in [0.4, 0.5) is 16.2 Å². The van der Waals surface area contributed by atoms with Gasteiger partial charge in [0.25, 0.3) is 0 Å². The first-order chi connectivity index (χ1) is 11.1. The first-order valence-corrected chi connectivity index (χ1v) is 8.85. The van der Waals surface area contributed by atoms with E-state index in [1.54, 1.807) is 6.07 Å². The number of phenolic OH excluding ortho intramolecular Hbond substituents is 1. The number of sulfonamides is 1. The second-order valence-electron chi connectivity index (χ2n) is 4.50. The van der Waals surface area contributed by atoms with Crippen molar-refractivity contribution in [2.45, 2.75) is 4.90 Å². The second-order valence-corrected chi connectivity index (χ2v) is 7.19. The summed E-state index contributed by atoms with van der Waals surface area (Å²) in [6.45, 7) is 0. The number of anilines is 2. The van der Waals surface area contributed by atoms with E-state index in [-0.39, 0.29) is 77.8 Å². The average molecular weight is 451 g/mol. The van der Waals surface area contributed by atoms with Crippen molar-refractivity contribution in [1.29, 1.82) is 0 Å². The summed E-state index contributed by atoms with van der Waals surface area (Å²) in [6, 6.07) is 6.20. The number of hydrogen-bond acceptors (Lipinski definition) is 4. The van der Waals surface area contributed by atoms with Crippen LogP contribution < -0.4 is 15.8 Å².